The number of benzene rings is 1. The van der Waals surface area contributed by atoms with Crippen molar-refractivity contribution in [1.82, 2.24) is 5.32 Å². The van der Waals surface area contributed by atoms with Crippen LogP contribution in [0.3, 0.4) is 0 Å². The zero-order valence-corrected chi connectivity index (χ0v) is 12.3. The molecule has 1 N–H and O–H groups in total. The quantitative estimate of drug-likeness (QED) is 0.914. The van der Waals surface area contributed by atoms with Gasteiger partial charge in [0, 0.05) is 24.7 Å². The van der Waals surface area contributed by atoms with E-state index in [1.165, 1.54) is 0 Å². The standard InChI is InChI=1S/C16H22N2O2/c1-4-12-7-5-6-8-14(12)18-10-13(9-15(18)19)16(20)17-11(2)3/h5-8,11,13H,4,9-10H2,1-3H3,(H,17,20)/t13-/m1/s1. The highest BCUT2D eigenvalue weighted by Crippen LogP contribution is 2.28. The molecule has 0 unspecified atom stereocenters. The van der Waals surface area contributed by atoms with Crippen LogP contribution in [0.2, 0.25) is 0 Å². The summed E-state index contributed by atoms with van der Waals surface area (Å²) < 4.78 is 0. The Hall–Kier alpha value is -1.84. The summed E-state index contributed by atoms with van der Waals surface area (Å²) in [6.07, 6.45) is 1.18. The molecule has 1 aromatic carbocycles. The Morgan fingerprint density at radius 3 is 2.75 bits per heavy atom. The van der Waals surface area contributed by atoms with Crippen molar-refractivity contribution in [3.8, 4) is 0 Å². The van der Waals surface area contributed by atoms with Gasteiger partial charge in [-0.25, -0.2) is 0 Å². The molecule has 0 bridgehead atoms. The van der Waals surface area contributed by atoms with Gasteiger partial charge in [-0.15, -0.1) is 0 Å². The summed E-state index contributed by atoms with van der Waals surface area (Å²) >= 11 is 0. The van der Waals surface area contributed by atoms with E-state index in [2.05, 4.69) is 12.2 Å². The van der Waals surface area contributed by atoms with Crippen LogP contribution in [0.4, 0.5) is 5.69 Å². The van der Waals surface area contributed by atoms with E-state index >= 15 is 0 Å². The topological polar surface area (TPSA) is 49.4 Å². The number of carbonyl (C=O) groups excluding carboxylic acids is 2. The molecule has 0 aromatic heterocycles. The lowest BCUT2D eigenvalue weighted by atomic mass is 10.1. The monoisotopic (exact) mass is 274 g/mol. The molecule has 4 heteroatoms. The number of nitrogens with one attached hydrogen (secondary N) is 1. The van der Waals surface area contributed by atoms with Crippen molar-refractivity contribution < 1.29 is 9.59 Å². The lowest BCUT2D eigenvalue weighted by Crippen LogP contribution is -2.37. The highest BCUT2D eigenvalue weighted by Gasteiger charge is 2.35. The van der Waals surface area contributed by atoms with Crippen molar-refractivity contribution in [3.63, 3.8) is 0 Å². The summed E-state index contributed by atoms with van der Waals surface area (Å²) in [6, 6.07) is 8.01. The first-order chi connectivity index (χ1) is 9.52. The van der Waals surface area contributed by atoms with Crippen LogP contribution in [-0.4, -0.2) is 24.4 Å². The second-order valence-electron chi connectivity index (χ2n) is 5.55. The van der Waals surface area contributed by atoms with Gasteiger partial charge in [0.15, 0.2) is 0 Å². The molecule has 1 atom stereocenters. The molecule has 0 radical (unpaired) electrons. The number of aryl methyl sites for hydroxylation is 1. The first-order valence-electron chi connectivity index (χ1n) is 7.21. The Balaban J connectivity index is 2.15. The van der Waals surface area contributed by atoms with Crippen molar-refractivity contribution in [1.29, 1.82) is 0 Å². The predicted octanol–water partition coefficient (Wildman–Crippen LogP) is 2.13. The Labute approximate surface area is 120 Å². The van der Waals surface area contributed by atoms with Gasteiger partial charge in [-0.1, -0.05) is 25.1 Å². The van der Waals surface area contributed by atoms with Crippen molar-refractivity contribution in [2.24, 2.45) is 5.92 Å². The van der Waals surface area contributed by atoms with E-state index in [1.807, 2.05) is 38.1 Å². The SMILES string of the molecule is CCc1ccccc1N1C[C@H](C(=O)NC(C)C)CC1=O. The number of anilines is 1. The molecular formula is C16H22N2O2. The highest BCUT2D eigenvalue weighted by molar-refractivity contribution is 6.00. The van der Waals surface area contributed by atoms with E-state index in [4.69, 9.17) is 0 Å². The summed E-state index contributed by atoms with van der Waals surface area (Å²) in [5.74, 6) is -0.227. The Morgan fingerprint density at radius 2 is 2.10 bits per heavy atom. The van der Waals surface area contributed by atoms with Gasteiger partial charge in [-0.3, -0.25) is 9.59 Å². The van der Waals surface area contributed by atoms with Gasteiger partial charge in [0.2, 0.25) is 11.8 Å². The molecule has 1 heterocycles. The van der Waals surface area contributed by atoms with Crippen LogP contribution < -0.4 is 10.2 Å². The molecule has 108 valence electrons. The molecule has 1 fully saturated rings. The Kier molecular flexibility index (Phi) is 4.42. The number of hydrogen-bond acceptors (Lipinski definition) is 2. The van der Waals surface area contributed by atoms with Crippen LogP contribution in [0, 0.1) is 5.92 Å². The summed E-state index contributed by atoms with van der Waals surface area (Å²) in [4.78, 5) is 26.0. The third kappa shape index (κ3) is 3.00. The molecule has 1 aliphatic rings. The first-order valence-corrected chi connectivity index (χ1v) is 7.21. The molecule has 1 aromatic rings. The lowest BCUT2D eigenvalue weighted by molar-refractivity contribution is -0.126. The van der Waals surface area contributed by atoms with Crippen LogP contribution >= 0.6 is 0 Å². The van der Waals surface area contributed by atoms with E-state index in [0.717, 1.165) is 17.7 Å². The van der Waals surface area contributed by atoms with Crippen molar-refractivity contribution in [2.45, 2.75) is 39.7 Å². The normalized spacial score (nSPS) is 18.7. The molecule has 20 heavy (non-hydrogen) atoms. The van der Waals surface area contributed by atoms with Gasteiger partial charge < -0.3 is 10.2 Å². The van der Waals surface area contributed by atoms with Gasteiger partial charge in [-0.2, -0.15) is 0 Å². The van der Waals surface area contributed by atoms with Crippen LogP contribution in [0.5, 0.6) is 0 Å². The van der Waals surface area contributed by atoms with Crippen LogP contribution in [0.25, 0.3) is 0 Å². The molecule has 2 rings (SSSR count). The summed E-state index contributed by atoms with van der Waals surface area (Å²) in [5.41, 5.74) is 2.09. The Bertz CT molecular complexity index is 511. The smallest absolute Gasteiger partial charge is 0.227 e. The maximum Gasteiger partial charge on any atom is 0.227 e. The van der Waals surface area contributed by atoms with Crippen LogP contribution in [-0.2, 0) is 16.0 Å². The van der Waals surface area contributed by atoms with E-state index < -0.39 is 0 Å². The van der Waals surface area contributed by atoms with Crippen molar-refractivity contribution in [2.75, 3.05) is 11.4 Å². The average Bonchev–Trinajstić information content (AvgIpc) is 2.80. The summed E-state index contributed by atoms with van der Waals surface area (Å²) in [6.45, 7) is 6.41. The van der Waals surface area contributed by atoms with Gasteiger partial charge >= 0.3 is 0 Å². The van der Waals surface area contributed by atoms with Gasteiger partial charge in [0.25, 0.3) is 0 Å². The average molecular weight is 274 g/mol. The van der Waals surface area contributed by atoms with Crippen LogP contribution in [0.1, 0.15) is 32.8 Å². The lowest BCUT2D eigenvalue weighted by Gasteiger charge is -2.20. The van der Waals surface area contributed by atoms with Gasteiger partial charge in [0.1, 0.15) is 0 Å². The highest BCUT2D eigenvalue weighted by atomic mass is 16.2. The third-order valence-electron chi connectivity index (χ3n) is 3.59. The van der Waals surface area contributed by atoms with E-state index in [9.17, 15) is 9.59 Å². The second-order valence-corrected chi connectivity index (χ2v) is 5.55. The second kappa shape index (κ2) is 6.07. The molecule has 0 aliphatic carbocycles. The minimum absolute atomic E-state index is 0.0233. The molecule has 2 amide bonds. The van der Waals surface area contributed by atoms with Crippen molar-refractivity contribution in [3.05, 3.63) is 29.8 Å². The van der Waals surface area contributed by atoms with Gasteiger partial charge in [-0.05, 0) is 31.9 Å². The fraction of sp³-hybridized carbons (Fsp3) is 0.500. The van der Waals surface area contributed by atoms with E-state index in [1.54, 1.807) is 4.90 Å². The zero-order valence-electron chi connectivity index (χ0n) is 12.3. The predicted molar refractivity (Wildman–Crippen MR) is 79.6 cm³/mol. The maximum absolute atomic E-state index is 12.2. The number of para-hydroxylation sites is 1. The minimum atomic E-state index is -0.241. The fourth-order valence-corrected chi connectivity index (χ4v) is 2.59. The first kappa shape index (κ1) is 14.6. The molecule has 0 saturated carbocycles. The number of amides is 2. The maximum atomic E-state index is 12.2. The summed E-state index contributed by atoms with van der Waals surface area (Å²) in [7, 11) is 0. The molecule has 4 nitrogen and oxygen atoms in total. The third-order valence-corrected chi connectivity index (χ3v) is 3.59. The number of nitrogens with zero attached hydrogens (tertiary/aromatic N) is 1. The van der Waals surface area contributed by atoms with Crippen LogP contribution in [0.15, 0.2) is 24.3 Å². The van der Waals surface area contributed by atoms with Crippen molar-refractivity contribution >= 4 is 17.5 Å². The van der Waals surface area contributed by atoms with Gasteiger partial charge in [0.05, 0.1) is 5.92 Å². The zero-order chi connectivity index (χ0) is 14.7. The molecule has 1 saturated heterocycles. The largest absolute Gasteiger partial charge is 0.354 e. The number of hydrogen-bond donors (Lipinski definition) is 1. The molecule has 1 aliphatic heterocycles. The summed E-state index contributed by atoms with van der Waals surface area (Å²) in [5, 5.41) is 2.89. The minimum Gasteiger partial charge on any atom is -0.354 e. The number of rotatable bonds is 4. The van der Waals surface area contributed by atoms with E-state index in [0.29, 0.717) is 13.0 Å². The Morgan fingerprint density at radius 1 is 1.40 bits per heavy atom. The fourth-order valence-electron chi connectivity index (χ4n) is 2.59. The molecular weight excluding hydrogens is 252 g/mol. The molecule has 0 spiro atoms. The van der Waals surface area contributed by atoms with E-state index in [-0.39, 0.29) is 23.8 Å². The number of carbonyl (C=O) groups is 2.